The lowest BCUT2D eigenvalue weighted by Gasteiger charge is -2.08. The van der Waals surface area contributed by atoms with E-state index in [0.29, 0.717) is 26.0 Å². The van der Waals surface area contributed by atoms with Gasteiger partial charge in [-0.05, 0) is 54.8 Å². The van der Waals surface area contributed by atoms with Crippen LogP contribution in [0.1, 0.15) is 25.3 Å². The third-order valence-electron chi connectivity index (χ3n) is 3.56. The quantitative estimate of drug-likeness (QED) is 0.694. The van der Waals surface area contributed by atoms with Crippen LogP contribution in [-0.4, -0.2) is 25.7 Å². The Morgan fingerprint density at radius 2 is 1.56 bits per heavy atom. The van der Waals surface area contributed by atoms with Gasteiger partial charge < -0.3 is 20.5 Å². The summed E-state index contributed by atoms with van der Waals surface area (Å²) in [7, 11) is 0. The summed E-state index contributed by atoms with van der Waals surface area (Å²) < 4.78 is 11.0. The summed E-state index contributed by atoms with van der Waals surface area (Å²) in [6, 6.07) is 15.2. The first kappa shape index (κ1) is 18.8. The molecule has 0 radical (unpaired) electrons. The Hall–Kier alpha value is -2.53. The summed E-state index contributed by atoms with van der Waals surface area (Å²) in [6.07, 6.45) is 2.11. The molecule has 2 aromatic rings. The first-order chi connectivity index (χ1) is 12.2. The van der Waals surface area contributed by atoms with E-state index in [1.807, 2.05) is 48.5 Å². The van der Waals surface area contributed by atoms with Crippen LogP contribution in [0.3, 0.4) is 0 Å². The molecule has 0 atom stereocenters. The fraction of sp³-hybridized carbons (Fsp3) is 0.350. The van der Waals surface area contributed by atoms with Crippen molar-refractivity contribution < 1.29 is 14.3 Å². The molecule has 134 valence electrons. The molecule has 25 heavy (non-hydrogen) atoms. The van der Waals surface area contributed by atoms with Gasteiger partial charge in [0.25, 0.3) is 0 Å². The highest BCUT2D eigenvalue weighted by Crippen LogP contribution is 2.17. The number of hydrogen-bond acceptors (Lipinski definition) is 4. The molecule has 0 bridgehead atoms. The van der Waals surface area contributed by atoms with Gasteiger partial charge in [-0.1, -0.05) is 19.1 Å². The molecule has 5 heteroatoms. The highest BCUT2D eigenvalue weighted by molar-refractivity contribution is 5.90. The highest BCUT2D eigenvalue weighted by Gasteiger charge is 2.04. The van der Waals surface area contributed by atoms with Crippen LogP contribution >= 0.6 is 0 Å². The molecule has 0 fully saturated rings. The van der Waals surface area contributed by atoms with E-state index in [1.54, 1.807) is 0 Å². The van der Waals surface area contributed by atoms with Gasteiger partial charge in [-0.15, -0.1) is 0 Å². The number of hydrogen-bond donors (Lipinski definition) is 2. The summed E-state index contributed by atoms with van der Waals surface area (Å²) in [6.45, 7) is 3.75. The molecule has 5 nitrogen and oxygen atoms in total. The summed E-state index contributed by atoms with van der Waals surface area (Å²) >= 11 is 0. The molecular weight excluding hydrogens is 316 g/mol. The molecule has 3 N–H and O–H groups in total. The third kappa shape index (κ3) is 6.85. The predicted octanol–water partition coefficient (Wildman–Crippen LogP) is 3.38. The topological polar surface area (TPSA) is 73.6 Å². The first-order valence-electron chi connectivity index (χ1n) is 8.65. The van der Waals surface area contributed by atoms with Crippen LogP contribution in [0.4, 0.5) is 5.69 Å². The van der Waals surface area contributed by atoms with Crippen molar-refractivity contribution in [2.75, 3.05) is 25.1 Å². The zero-order chi connectivity index (χ0) is 17.9. The Bertz CT molecular complexity index is 639. The first-order valence-corrected chi connectivity index (χ1v) is 8.65. The Kier molecular flexibility index (Phi) is 7.79. The summed E-state index contributed by atoms with van der Waals surface area (Å²) in [4.78, 5) is 12.1. The van der Waals surface area contributed by atoms with E-state index in [4.69, 9.17) is 15.2 Å². The van der Waals surface area contributed by atoms with Gasteiger partial charge in [0.05, 0.1) is 6.61 Å². The van der Waals surface area contributed by atoms with E-state index in [-0.39, 0.29) is 5.91 Å². The lowest BCUT2D eigenvalue weighted by Crippen LogP contribution is -2.12. The number of nitrogens with two attached hydrogens (primary N) is 1. The molecular formula is C20H26N2O3. The number of benzene rings is 2. The fourth-order valence-electron chi connectivity index (χ4n) is 2.26. The van der Waals surface area contributed by atoms with E-state index in [1.165, 1.54) is 0 Å². The summed E-state index contributed by atoms with van der Waals surface area (Å²) in [5, 5.41) is 2.89. The number of amides is 1. The standard InChI is InChI=1S/C20H26N2O3/c1-2-14-24-18-8-3-16(4-9-18)5-12-20(23)22-17-6-10-19(11-7-17)25-15-13-21/h3-4,6-11H,2,5,12-15,21H2,1H3,(H,22,23). The van der Waals surface area contributed by atoms with Crippen molar-refractivity contribution in [2.24, 2.45) is 5.73 Å². The van der Waals surface area contributed by atoms with Gasteiger partial charge in [0.2, 0.25) is 5.91 Å². The lowest BCUT2D eigenvalue weighted by atomic mass is 10.1. The number of aryl methyl sites for hydroxylation is 1. The largest absolute Gasteiger partial charge is 0.494 e. The van der Waals surface area contributed by atoms with Gasteiger partial charge in [0, 0.05) is 18.7 Å². The number of carbonyl (C=O) groups excluding carboxylic acids is 1. The number of anilines is 1. The van der Waals surface area contributed by atoms with Crippen LogP contribution in [0.2, 0.25) is 0 Å². The maximum Gasteiger partial charge on any atom is 0.224 e. The minimum atomic E-state index is -0.0121. The smallest absolute Gasteiger partial charge is 0.224 e. The lowest BCUT2D eigenvalue weighted by molar-refractivity contribution is -0.116. The highest BCUT2D eigenvalue weighted by atomic mass is 16.5. The summed E-state index contributed by atoms with van der Waals surface area (Å²) in [5.41, 5.74) is 7.27. The number of nitrogens with one attached hydrogen (secondary N) is 1. The molecule has 0 aliphatic heterocycles. The van der Waals surface area contributed by atoms with Crippen molar-refractivity contribution in [1.82, 2.24) is 0 Å². The van der Waals surface area contributed by atoms with Crippen LogP contribution in [0.15, 0.2) is 48.5 Å². The second-order valence-corrected chi connectivity index (χ2v) is 5.70. The molecule has 0 saturated heterocycles. The van der Waals surface area contributed by atoms with Crippen LogP contribution < -0.4 is 20.5 Å². The van der Waals surface area contributed by atoms with E-state index in [2.05, 4.69) is 12.2 Å². The molecule has 0 unspecified atom stereocenters. The fourth-order valence-corrected chi connectivity index (χ4v) is 2.26. The van der Waals surface area contributed by atoms with Crippen LogP contribution in [0.25, 0.3) is 0 Å². The second kappa shape index (κ2) is 10.4. The van der Waals surface area contributed by atoms with Gasteiger partial charge in [0.1, 0.15) is 18.1 Å². The minimum Gasteiger partial charge on any atom is -0.494 e. The van der Waals surface area contributed by atoms with E-state index in [9.17, 15) is 4.79 Å². The SMILES string of the molecule is CCCOc1ccc(CCC(=O)Nc2ccc(OCCN)cc2)cc1. The molecule has 2 rings (SSSR count). The molecule has 0 heterocycles. The molecule has 0 aromatic heterocycles. The molecule has 0 aliphatic carbocycles. The monoisotopic (exact) mass is 342 g/mol. The molecule has 0 saturated carbocycles. The molecule has 0 aliphatic rings. The summed E-state index contributed by atoms with van der Waals surface area (Å²) in [5.74, 6) is 1.60. The number of carbonyl (C=O) groups is 1. The van der Waals surface area contributed by atoms with E-state index < -0.39 is 0 Å². The maximum absolute atomic E-state index is 12.1. The molecule has 2 aromatic carbocycles. The third-order valence-corrected chi connectivity index (χ3v) is 3.56. The average molecular weight is 342 g/mol. The van der Waals surface area contributed by atoms with Gasteiger partial charge in [-0.25, -0.2) is 0 Å². The van der Waals surface area contributed by atoms with E-state index >= 15 is 0 Å². The van der Waals surface area contributed by atoms with Crippen LogP contribution in [0, 0.1) is 0 Å². The Morgan fingerprint density at radius 3 is 2.16 bits per heavy atom. The van der Waals surface area contributed by atoms with Gasteiger partial charge in [-0.2, -0.15) is 0 Å². The van der Waals surface area contributed by atoms with Gasteiger partial charge in [-0.3, -0.25) is 4.79 Å². The number of rotatable bonds is 10. The van der Waals surface area contributed by atoms with Crippen molar-refractivity contribution in [3.8, 4) is 11.5 Å². The van der Waals surface area contributed by atoms with Crippen LogP contribution in [-0.2, 0) is 11.2 Å². The zero-order valence-corrected chi connectivity index (χ0v) is 14.7. The minimum absolute atomic E-state index is 0.0121. The van der Waals surface area contributed by atoms with Gasteiger partial charge >= 0.3 is 0 Å². The van der Waals surface area contributed by atoms with Gasteiger partial charge in [0.15, 0.2) is 0 Å². The average Bonchev–Trinajstić information content (AvgIpc) is 2.65. The van der Waals surface area contributed by atoms with Crippen molar-refractivity contribution in [1.29, 1.82) is 0 Å². The Morgan fingerprint density at radius 1 is 0.960 bits per heavy atom. The Labute approximate surface area is 149 Å². The van der Waals surface area contributed by atoms with Crippen molar-refractivity contribution >= 4 is 11.6 Å². The number of ether oxygens (including phenoxy) is 2. The predicted molar refractivity (Wildman–Crippen MR) is 100 cm³/mol. The van der Waals surface area contributed by atoms with Crippen molar-refractivity contribution in [2.45, 2.75) is 26.2 Å². The van der Waals surface area contributed by atoms with Crippen molar-refractivity contribution in [3.05, 3.63) is 54.1 Å². The normalized spacial score (nSPS) is 10.3. The Balaban J connectivity index is 1.76. The maximum atomic E-state index is 12.1. The molecule has 0 spiro atoms. The molecule has 1 amide bonds. The van der Waals surface area contributed by atoms with Crippen molar-refractivity contribution in [3.63, 3.8) is 0 Å². The van der Waals surface area contributed by atoms with Crippen LogP contribution in [0.5, 0.6) is 11.5 Å². The zero-order valence-electron chi connectivity index (χ0n) is 14.7. The van der Waals surface area contributed by atoms with E-state index in [0.717, 1.165) is 35.8 Å². The second-order valence-electron chi connectivity index (χ2n) is 5.70.